The van der Waals surface area contributed by atoms with E-state index in [0.717, 1.165) is 5.56 Å². The molecule has 0 radical (unpaired) electrons. The molecule has 0 bridgehead atoms. The Kier molecular flexibility index (Phi) is 7.18. The van der Waals surface area contributed by atoms with E-state index in [1.54, 1.807) is 39.8 Å². The van der Waals surface area contributed by atoms with Crippen molar-refractivity contribution in [3.8, 4) is 0 Å². The van der Waals surface area contributed by atoms with Crippen molar-refractivity contribution in [1.82, 2.24) is 10.6 Å². The van der Waals surface area contributed by atoms with Crippen LogP contribution in [0.2, 0.25) is 0 Å². The number of carbonyl (C=O) groups excluding carboxylic acids is 2. The molecule has 0 saturated heterocycles. The molecule has 1 rings (SSSR count). The van der Waals surface area contributed by atoms with Gasteiger partial charge in [0.1, 0.15) is 17.5 Å². The number of hydrogen-bond donors (Lipinski definition) is 2. The summed E-state index contributed by atoms with van der Waals surface area (Å²) in [5.74, 6) is -0.649. The van der Waals surface area contributed by atoms with Crippen molar-refractivity contribution in [2.45, 2.75) is 72.6 Å². The summed E-state index contributed by atoms with van der Waals surface area (Å²) in [6, 6.07) is 5.04. The first-order valence-corrected chi connectivity index (χ1v) is 8.82. The van der Waals surface area contributed by atoms with Crippen LogP contribution in [0.5, 0.6) is 0 Å². The second kappa shape index (κ2) is 8.52. The zero-order valence-electron chi connectivity index (χ0n) is 16.8. The maximum Gasteiger partial charge on any atom is 0.408 e. The molecule has 0 aliphatic heterocycles. The first kappa shape index (κ1) is 21.9. The highest BCUT2D eigenvalue weighted by atomic mass is 19.1. The van der Waals surface area contributed by atoms with Gasteiger partial charge in [-0.1, -0.05) is 32.9 Å². The maximum absolute atomic E-state index is 13.2. The fourth-order valence-electron chi connectivity index (χ4n) is 2.41. The van der Waals surface area contributed by atoms with E-state index < -0.39 is 17.7 Å². The average molecular weight is 366 g/mol. The molecule has 0 heterocycles. The van der Waals surface area contributed by atoms with Crippen molar-refractivity contribution in [3.05, 3.63) is 35.6 Å². The Labute approximate surface area is 155 Å². The molecule has 1 unspecified atom stereocenters. The minimum atomic E-state index is -0.757. The van der Waals surface area contributed by atoms with E-state index in [9.17, 15) is 14.0 Å². The third-order valence-electron chi connectivity index (χ3n) is 3.53. The quantitative estimate of drug-likeness (QED) is 0.815. The standard InChI is InChI=1S/C20H31FN2O3/c1-13(22-18(25)26-20(5,6)7)17(24)23-16(12-19(2,3)4)14-8-10-15(21)11-9-14/h8-11,13,16H,12H2,1-7H3,(H,22,25)(H,23,24)/t13-,16?/m1/s1. The first-order valence-electron chi connectivity index (χ1n) is 8.82. The Morgan fingerprint density at radius 1 is 1.04 bits per heavy atom. The van der Waals surface area contributed by atoms with Crippen LogP contribution in [-0.4, -0.2) is 23.6 Å². The van der Waals surface area contributed by atoms with E-state index in [1.165, 1.54) is 12.1 Å². The Morgan fingerprint density at radius 3 is 2.04 bits per heavy atom. The maximum atomic E-state index is 13.2. The van der Waals surface area contributed by atoms with Gasteiger partial charge in [-0.25, -0.2) is 9.18 Å². The summed E-state index contributed by atoms with van der Waals surface area (Å²) in [4.78, 5) is 24.4. The highest BCUT2D eigenvalue weighted by Gasteiger charge is 2.26. The number of hydrogen-bond acceptors (Lipinski definition) is 3. The first-order chi connectivity index (χ1) is 11.8. The van der Waals surface area contributed by atoms with E-state index in [2.05, 4.69) is 31.4 Å². The molecular weight excluding hydrogens is 335 g/mol. The molecule has 5 nitrogen and oxygen atoms in total. The second-order valence-corrected chi connectivity index (χ2v) is 8.75. The van der Waals surface area contributed by atoms with Gasteiger partial charge in [0.2, 0.25) is 5.91 Å². The van der Waals surface area contributed by atoms with Gasteiger partial charge < -0.3 is 15.4 Å². The normalized spacial score (nSPS) is 14.3. The lowest BCUT2D eigenvalue weighted by molar-refractivity contribution is -0.123. The highest BCUT2D eigenvalue weighted by molar-refractivity contribution is 5.85. The summed E-state index contributed by atoms with van der Waals surface area (Å²) in [5, 5.41) is 5.48. The number of benzene rings is 1. The smallest absolute Gasteiger partial charge is 0.408 e. The summed E-state index contributed by atoms with van der Waals surface area (Å²) in [7, 11) is 0. The molecular formula is C20H31FN2O3. The Hall–Kier alpha value is -2.11. The molecule has 0 spiro atoms. The Balaban J connectivity index is 2.81. The molecule has 2 atom stereocenters. The predicted molar refractivity (Wildman–Crippen MR) is 100 cm³/mol. The van der Waals surface area contributed by atoms with E-state index >= 15 is 0 Å². The summed E-state index contributed by atoms with van der Waals surface area (Å²) < 4.78 is 18.4. The molecule has 1 aromatic rings. The van der Waals surface area contributed by atoms with Crippen LogP contribution in [0.15, 0.2) is 24.3 Å². The number of amides is 2. The average Bonchev–Trinajstić information content (AvgIpc) is 2.43. The van der Waals surface area contributed by atoms with Gasteiger partial charge in [0, 0.05) is 0 Å². The lowest BCUT2D eigenvalue weighted by Crippen LogP contribution is -2.47. The van der Waals surface area contributed by atoms with Crippen molar-refractivity contribution in [3.63, 3.8) is 0 Å². The molecule has 146 valence electrons. The summed E-state index contributed by atoms with van der Waals surface area (Å²) in [5.41, 5.74) is 0.135. The number of alkyl carbamates (subject to hydrolysis) is 1. The van der Waals surface area contributed by atoms with E-state index in [0.29, 0.717) is 6.42 Å². The minimum absolute atomic E-state index is 0.0475. The number of carbonyl (C=O) groups is 2. The largest absolute Gasteiger partial charge is 0.444 e. The van der Waals surface area contributed by atoms with Crippen LogP contribution in [0, 0.1) is 11.2 Å². The molecule has 2 N–H and O–H groups in total. The van der Waals surface area contributed by atoms with Gasteiger partial charge in [0.15, 0.2) is 0 Å². The second-order valence-electron chi connectivity index (χ2n) is 8.75. The third kappa shape index (κ3) is 8.32. The number of rotatable bonds is 5. The number of nitrogens with one attached hydrogen (secondary N) is 2. The van der Waals surface area contributed by atoms with Gasteiger partial charge >= 0.3 is 6.09 Å². The van der Waals surface area contributed by atoms with Crippen LogP contribution < -0.4 is 10.6 Å². The summed E-state index contributed by atoms with van der Waals surface area (Å²) in [6.45, 7) is 13.1. The lowest BCUT2D eigenvalue weighted by Gasteiger charge is -2.28. The van der Waals surface area contributed by atoms with Crippen LogP contribution in [0.4, 0.5) is 9.18 Å². The summed E-state index contributed by atoms with van der Waals surface area (Å²) in [6.07, 6.45) is 0.0260. The van der Waals surface area contributed by atoms with Crippen molar-refractivity contribution in [2.24, 2.45) is 5.41 Å². The SMILES string of the molecule is C[C@@H](NC(=O)OC(C)(C)C)C(=O)NC(CC(C)(C)C)c1ccc(F)cc1. The Bertz CT molecular complexity index is 615. The monoisotopic (exact) mass is 366 g/mol. The van der Waals surface area contributed by atoms with Gasteiger partial charge in [-0.2, -0.15) is 0 Å². The van der Waals surface area contributed by atoms with Gasteiger partial charge in [-0.15, -0.1) is 0 Å². The molecule has 0 aliphatic rings. The van der Waals surface area contributed by atoms with Crippen LogP contribution in [0.25, 0.3) is 0 Å². The zero-order valence-corrected chi connectivity index (χ0v) is 16.8. The molecule has 0 fully saturated rings. The fraction of sp³-hybridized carbons (Fsp3) is 0.600. The predicted octanol–water partition coefficient (Wildman–Crippen LogP) is 4.33. The van der Waals surface area contributed by atoms with Crippen LogP contribution in [0.1, 0.15) is 66.5 Å². The van der Waals surface area contributed by atoms with Crippen molar-refractivity contribution < 1.29 is 18.7 Å². The molecule has 0 aliphatic carbocycles. The van der Waals surface area contributed by atoms with E-state index in [4.69, 9.17) is 4.74 Å². The fourth-order valence-corrected chi connectivity index (χ4v) is 2.41. The van der Waals surface area contributed by atoms with E-state index in [1.807, 2.05) is 0 Å². The van der Waals surface area contributed by atoms with Crippen LogP contribution in [0.3, 0.4) is 0 Å². The molecule has 2 amide bonds. The number of halogens is 1. The topological polar surface area (TPSA) is 67.4 Å². The molecule has 6 heteroatoms. The van der Waals surface area contributed by atoms with Crippen LogP contribution >= 0.6 is 0 Å². The minimum Gasteiger partial charge on any atom is -0.444 e. The third-order valence-corrected chi connectivity index (χ3v) is 3.53. The summed E-state index contributed by atoms with van der Waals surface area (Å²) >= 11 is 0. The van der Waals surface area contributed by atoms with Crippen LogP contribution in [-0.2, 0) is 9.53 Å². The van der Waals surface area contributed by atoms with Crippen molar-refractivity contribution >= 4 is 12.0 Å². The highest BCUT2D eigenvalue weighted by Crippen LogP contribution is 2.29. The van der Waals surface area contributed by atoms with Gasteiger partial charge in [0.05, 0.1) is 6.04 Å². The molecule has 0 saturated carbocycles. The lowest BCUT2D eigenvalue weighted by atomic mass is 9.85. The van der Waals surface area contributed by atoms with Crippen molar-refractivity contribution in [2.75, 3.05) is 0 Å². The molecule has 1 aromatic carbocycles. The zero-order chi connectivity index (χ0) is 20.1. The number of ether oxygens (including phenoxy) is 1. The Morgan fingerprint density at radius 2 is 1.58 bits per heavy atom. The molecule has 26 heavy (non-hydrogen) atoms. The van der Waals surface area contributed by atoms with Crippen molar-refractivity contribution in [1.29, 1.82) is 0 Å². The molecule has 0 aromatic heterocycles. The van der Waals surface area contributed by atoms with E-state index in [-0.39, 0.29) is 23.2 Å². The van der Waals surface area contributed by atoms with Gasteiger partial charge in [-0.3, -0.25) is 4.79 Å². The van der Waals surface area contributed by atoms with Gasteiger partial charge in [-0.05, 0) is 57.2 Å². The van der Waals surface area contributed by atoms with Gasteiger partial charge in [0.25, 0.3) is 0 Å².